The van der Waals surface area contributed by atoms with Crippen LogP contribution in [0.15, 0.2) is 0 Å². The maximum atomic E-state index is 3.48. The fourth-order valence-electron chi connectivity index (χ4n) is 4.25. The summed E-state index contributed by atoms with van der Waals surface area (Å²) in [5.41, 5.74) is 0.558. The van der Waals surface area contributed by atoms with Gasteiger partial charge in [-0.15, -0.1) is 0 Å². The van der Waals surface area contributed by atoms with E-state index in [1.165, 1.54) is 77.3 Å². The zero-order valence-electron chi connectivity index (χ0n) is 12.5. The molecule has 0 aromatic rings. The van der Waals surface area contributed by atoms with E-state index in [-0.39, 0.29) is 0 Å². The third-order valence-corrected chi connectivity index (χ3v) is 5.25. The van der Waals surface area contributed by atoms with Crippen LogP contribution in [-0.2, 0) is 0 Å². The Morgan fingerprint density at radius 3 is 2.17 bits per heavy atom. The maximum Gasteiger partial charge on any atom is 0.00924 e. The lowest BCUT2D eigenvalue weighted by Crippen LogP contribution is -2.44. The van der Waals surface area contributed by atoms with E-state index in [0.717, 1.165) is 6.04 Å². The summed E-state index contributed by atoms with van der Waals surface area (Å²) in [6.45, 7) is 2.53. The van der Waals surface area contributed by atoms with Crippen molar-refractivity contribution in [2.75, 3.05) is 27.2 Å². The van der Waals surface area contributed by atoms with Gasteiger partial charge in [-0.2, -0.15) is 0 Å². The van der Waals surface area contributed by atoms with Gasteiger partial charge in [0.25, 0.3) is 0 Å². The molecule has 2 rings (SSSR count). The van der Waals surface area contributed by atoms with Crippen molar-refractivity contribution in [2.24, 2.45) is 5.41 Å². The van der Waals surface area contributed by atoms with Gasteiger partial charge in [0.1, 0.15) is 0 Å². The Morgan fingerprint density at radius 1 is 1.00 bits per heavy atom. The molecule has 0 aromatic heterocycles. The summed E-state index contributed by atoms with van der Waals surface area (Å²) < 4.78 is 0. The number of nitrogens with one attached hydrogen (secondary N) is 1. The molecule has 0 atom stereocenters. The van der Waals surface area contributed by atoms with Gasteiger partial charge in [0.2, 0.25) is 0 Å². The van der Waals surface area contributed by atoms with Gasteiger partial charge in [-0.25, -0.2) is 0 Å². The molecule has 0 aliphatic heterocycles. The van der Waals surface area contributed by atoms with E-state index in [0.29, 0.717) is 5.41 Å². The molecule has 2 nitrogen and oxygen atoms in total. The van der Waals surface area contributed by atoms with Crippen LogP contribution in [0.4, 0.5) is 0 Å². The normalized spacial score (nSPS) is 25.5. The van der Waals surface area contributed by atoms with Gasteiger partial charge in [-0.3, -0.25) is 0 Å². The minimum Gasteiger partial charge on any atom is -0.319 e. The lowest BCUT2D eigenvalue weighted by Gasteiger charge is -2.39. The first-order chi connectivity index (χ1) is 8.76. The molecule has 18 heavy (non-hydrogen) atoms. The predicted molar refractivity (Wildman–Crippen MR) is 78.9 cm³/mol. The van der Waals surface area contributed by atoms with Crippen molar-refractivity contribution in [3.05, 3.63) is 0 Å². The molecule has 0 heterocycles. The van der Waals surface area contributed by atoms with Gasteiger partial charge in [-0.05, 0) is 45.2 Å². The first kappa shape index (κ1) is 14.3. The van der Waals surface area contributed by atoms with Crippen LogP contribution in [0.3, 0.4) is 0 Å². The average molecular weight is 252 g/mol. The van der Waals surface area contributed by atoms with Crippen LogP contribution in [0.25, 0.3) is 0 Å². The summed E-state index contributed by atoms with van der Waals surface area (Å²) >= 11 is 0. The van der Waals surface area contributed by atoms with Crippen molar-refractivity contribution >= 4 is 0 Å². The van der Waals surface area contributed by atoms with E-state index >= 15 is 0 Å². The third kappa shape index (κ3) is 3.71. The van der Waals surface area contributed by atoms with Crippen molar-refractivity contribution in [1.29, 1.82) is 0 Å². The Balaban J connectivity index is 1.94. The van der Waals surface area contributed by atoms with Gasteiger partial charge in [-0.1, -0.05) is 38.5 Å². The van der Waals surface area contributed by atoms with Crippen molar-refractivity contribution < 1.29 is 0 Å². The molecule has 106 valence electrons. The zero-order valence-corrected chi connectivity index (χ0v) is 12.5. The molecule has 0 spiro atoms. The van der Waals surface area contributed by atoms with Crippen LogP contribution in [0.1, 0.15) is 64.2 Å². The Kier molecular flexibility index (Phi) is 5.50. The van der Waals surface area contributed by atoms with E-state index in [2.05, 4.69) is 24.3 Å². The quantitative estimate of drug-likeness (QED) is 0.754. The van der Waals surface area contributed by atoms with Crippen LogP contribution >= 0.6 is 0 Å². The number of hydrogen-bond acceptors (Lipinski definition) is 2. The van der Waals surface area contributed by atoms with Crippen molar-refractivity contribution in [2.45, 2.75) is 70.3 Å². The first-order valence-corrected chi connectivity index (χ1v) is 8.11. The van der Waals surface area contributed by atoms with Gasteiger partial charge in [0.15, 0.2) is 0 Å². The fourth-order valence-corrected chi connectivity index (χ4v) is 4.25. The third-order valence-electron chi connectivity index (χ3n) is 5.25. The second kappa shape index (κ2) is 6.91. The molecule has 1 N–H and O–H groups in total. The number of nitrogens with zero attached hydrogens (tertiary/aromatic N) is 1. The van der Waals surface area contributed by atoms with Crippen LogP contribution in [-0.4, -0.2) is 38.1 Å². The molecule has 2 aliphatic carbocycles. The summed E-state index contributed by atoms with van der Waals surface area (Å²) in [6, 6.07) is 0.877. The highest BCUT2D eigenvalue weighted by molar-refractivity contribution is 4.88. The van der Waals surface area contributed by atoms with Crippen molar-refractivity contribution in [3.8, 4) is 0 Å². The summed E-state index contributed by atoms with van der Waals surface area (Å²) in [4.78, 5) is 2.69. The number of rotatable bonds is 5. The number of hydrogen-bond donors (Lipinski definition) is 1. The lowest BCUT2D eigenvalue weighted by molar-refractivity contribution is 0.118. The molecule has 0 saturated heterocycles. The topological polar surface area (TPSA) is 15.3 Å². The maximum absolute atomic E-state index is 3.48. The SMILES string of the molecule is CNCC1(CN(C)C2CCCC2)CCCCCC1. The second-order valence-electron chi connectivity index (χ2n) is 6.80. The Morgan fingerprint density at radius 2 is 1.61 bits per heavy atom. The van der Waals surface area contributed by atoms with Gasteiger partial charge >= 0.3 is 0 Å². The monoisotopic (exact) mass is 252 g/mol. The van der Waals surface area contributed by atoms with Crippen molar-refractivity contribution in [3.63, 3.8) is 0 Å². The second-order valence-corrected chi connectivity index (χ2v) is 6.80. The molecule has 2 saturated carbocycles. The molecule has 0 unspecified atom stereocenters. The fraction of sp³-hybridized carbons (Fsp3) is 1.00. The predicted octanol–water partition coefficient (Wildman–Crippen LogP) is 3.42. The average Bonchev–Trinajstić information content (AvgIpc) is 2.79. The van der Waals surface area contributed by atoms with E-state index in [9.17, 15) is 0 Å². The molecular weight excluding hydrogens is 220 g/mol. The lowest BCUT2D eigenvalue weighted by atomic mass is 9.79. The largest absolute Gasteiger partial charge is 0.319 e. The molecule has 2 heteroatoms. The Bertz CT molecular complexity index is 225. The van der Waals surface area contributed by atoms with Crippen molar-refractivity contribution in [1.82, 2.24) is 10.2 Å². The molecule has 0 aromatic carbocycles. The molecule has 0 radical (unpaired) electrons. The Labute approximate surface area is 114 Å². The first-order valence-electron chi connectivity index (χ1n) is 8.11. The Hall–Kier alpha value is -0.0800. The molecule has 0 bridgehead atoms. The van der Waals surface area contributed by atoms with Gasteiger partial charge in [0, 0.05) is 19.1 Å². The standard InChI is InChI=1S/C16H32N2/c1-17-13-16(11-7-3-4-8-12-16)14-18(2)15-9-5-6-10-15/h15,17H,3-14H2,1-2H3. The van der Waals surface area contributed by atoms with Crippen LogP contribution in [0, 0.1) is 5.41 Å². The zero-order chi connectivity index (χ0) is 12.8. The smallest absolute Gasteiger partial charge is 0.00924 e. The minimum absolute atomic E-state index is 0.558. The molecule has 2 fully saturated rings. The van der Waals surface area contributed by atoms with Crippen LogP contribution < -0.4 is 5.32 Å². The minimum atomic E-state index is 0.558. The molecule has 0 amide bonds. The van der Waals surface area contributed by atoms with Gasteiger partial charge < -0.3 is 10.2 Å². The highest BCUT2D eigenvalue weighted by Crippen LogP contribution is 2.36. The molecular formula is C16H32N2. The summed E-state index contributed by atoms with van der Waals surface area (Å²) in [6.07, 6.45) is 14.5. The van der Waals surface area contributed by atoms with E-state index in [1.54, 1.807) is 0 Å². The van der Waals surface area contributed by atoms with Crippen LogP contribution in [0.2, 0.25) is 0 Å². The summed E-state index contributed by atoms with van der Waals surface area (Å²) in [5.74, 6) is 0. The van der Waals surface area contributed by atoms with E-state index in [4.69, 9.17) is 0 Å². The highest BCUT2D eigenvalue weighted by atomic mass is 15.1. The van der Waals surface area contributed by atoms with E-state index in [1.807, 2.05) is 0 Å². The highest BCUT2D eigenvalue weighted by Gasteiger charge is 2.33. The van der Waals surface area contributed by atoms with E-state index < -0.39 is 0 Å². The van der Waals surface area contributed by atoms with Crippen LogP contribution in [0.5, 0.6) is 0 Å². The van der Waals surface area contributed by atoms with Gasteiger partial charge in [0.05, 0.1) is 0 Å². The summed E-state index contributed by atoms with van der Waals surface area (Å²) in [7, 11) is 4.50. The summed E-state index contributed by atoms with van der Waals surface area (Å²) in [5, 5.41) is 3.48. The molecule has 2 aliphatic rings.